The van der Waals surface area contributed by atoms with E-state index in [-0.39, 0.29) is 11.8 Å². The van der Waals surface area contributed by atoms with Crippen LogP contribution in [0, 0.1) is 11.8 Å². The molecule has 4 N–H and O–H groups in total. The van der Waals surface area contributed by atoms with E-state index >= 15 is 0 Å². The lowest BCUT2D eigenvalue weighted by Gasteiger charge is -2.32. The van der Waals surface area contributed by atoms with E-state index in [4.69, 9.17) is 5.73 Å². The van der Waals surface area contributed by atoms with Crippen molar-refractivity contribution in [1.82, 2.24) is 10.2 Å². The number of carbonyl (C=O) groups is 2. The third-order valence-electron chi connectivity index (χ3n) is 4.54. The molecule has 0 aromatic heterocycles. The first-order chi connectivity index (χ1) is 11.4. The minimum absolute atomic E-state index is 0.118. The highest BCUT2D eigenvalue weighted by molar-refractivity contribution is 5.90. The summed E-state index contributed by atoms with van der Waals surface area (Å²) in [6, 6.07) is -3.11. The fourth-order valence-corrected chi connectivity index (χ4v) is 2.85. The van der Waals surface area contributed by atoms with Gasteiger partial charge < -0.3 is 21.1 Å². The van der Waals surface area contributed by atoms with Gasteiger partial charge in [-0.25, -0.2) is 0 Å². The Bertz CT molecular complexity index is 483. The topological polar surface area (TPSA) is 95.7 Å². The Morgan fingerprint density at radius 3 is 2.20 bits per heavy atom. The minimum atomic E-state index is -4.84. The van der Waals surface area contributed by atoms with Gasteiger partial charge in [-0.1, -0.05) is 27.7 Å². The zero-order valence-electron chi connectivity index (χ0n) is 15.0. The van der Waals surface area contributed by atoms with Crippen LogP contribution in [0.2, 0.25) is 0 Å². The number of hydrogen-bond donors (Lipinski definition) is 3. The maximum absolute atomic E-state index is 12.8. The standard InChI is InChI=1S/C16H28F3N3O3/c1-8(2)11(20)15(25)22-7-5-6-10(22)14(24)21-12(9(3)4)13(23)16(17,18)19/h8-13,23H,5-7,20H2,1-4H3,(H,21,24). The van der Waals surface area contributed by atoms with Crippen molar-refractivity contribution in [3.8, 4) is 0 Å². The summed E-state index contributed by atoms with van der Waals surface area (Å²) in [6.45, 7) is 6.86. The number of carbonyl (C=O) groups excluding carboxylic acids is 2. The van der Waals surface area contributed by atoms with Crippen molar-refractivity contribution in [2.24, 2.45) is 17.6 Å². The number of aliphatic hydroxyl groups is 1. The Morgan fingerprint density at radius 2 is 1.76 bits per heavy atom. The normalized spacial score (nSPS) is 22.2. The fraction of sp³-hybridized carbons (Fsp3) is 0.875. The summed E-state index contributed by atoms with van der Waals surface area (Å²) in [5, 5.41) is 11.8. The molecule has 0 aromatic rings. The molecule has 1 aliphatic heterocycles. The van der Waals surface area contributed by atoms with Gasteiger partial charge in [0.25, 0.3) is 0 Å². The minimum Gasteiger partial charge on any atom is -0.382 e. The van der Waals surface area contributed by atoms with Crippen molar-refractivity contribution in [2.45, 2.75) is 70.9 Å². The Kier molecular flexibility index (Phi) is 7.25. The zero-order chi connectivity index (χ0) is 19.5. The number of amides is 2. The third kappa shape index (κ3) is 5.31. The van der Waals surface area contributed by atoms with Crippen LogP contribution in [0.25, 0.3) is 0 Å². The van der Waals surface area contributed by atoms with E-state index in [1.54, 1.807) is 13.8 Å². The predicted molar refractivity (Wildman–Crippen MR) is 86.4 cm³/mol. The highest BCUT2D eigenvalue weighted by Crippen LogP contribution is 2.26. The SMILES string of the molecule is CC(C)C(N)C(=O)N1CCCC1C(=O)NC(C(C)C)C(O)C(F)(F)F. The molecular weight excluding hydrogens is 339 g/mol. The number of hydrogen-bond acceptors (Lipinski definition) is 4. The Balaban J connectivity index is 2.88. The van der Waals surface area contributed by atoms with Gasteiger partial charge in [0.05, 0.1) is 12.1 Å². The van der Waals surface area contributed by atoms with Crippen molar-refractivity contribution in [2.75, 3.05) is 6.54 Å². The van der Waals surface area contributed by atoms with Crippen molar-refractivity contribution in [1.29, 1.82) is 0 Å². The molecule has 25 heavy (non-hydrogen) atoms. The maximum Gasteiger partial charge on any atom is 0.416 e. The van der Waals surface area contributed by atoms with E-state index in [2.05, 4.69) is 5.32 Å². The molecule has 0 aromatic carbocycles. The number of aliphatic hydroxyl groups excluding tert-OH is 1. The molecule has 1 aliphatic rings. The van der Waals surface area contributed by atoms with Crippen molar-refractivity contribution >= 4 is 11.8 Å². The molecule has 1 saturated heterocycles. The summed E-state index contributed by atoms with van der Waals surface area (Å²) in [4.78, 5) is 26.2. The van der Waals surface area contributed by atoms with E-state index in [1.807, 2.05) is 0 Å². The summed E-state index contributed by atoms with van der Waals surface area (Å²) < 4.78 is 38.4. The van der Waals surface area contributed by atoms with Gasteiger partial charge in [-0.2, -0.15) is 13.2 Å². The lowest BCUT2D eigenvalue weighted by Crippen LogP contribution is -2.58. The number of alkyl halides is 3. The highest BCUT2D eigenvalue weighted by atomic mass is 19.4. The zero-order valence-corrected chi connectivity index (χ0v) is 15.0. The molecule has 1 heterocycles. The molecule has 4 unspecified atom stereocenters. The van der Waals surface area contributed by atoms with Crippen LogP contribution in [0.15, 0.2) is 0 Å². The molecule has 0 saturated carbocycles. The van der Waals surface area contributed by atoms with Crippen molar-refractivity contribution in [3.63, 3.8) is 0 Å². The average Bonchev–Trinajstić information content (AvgIpc) is 2.98. The van der Waals surface area contributed by atoms with Crippen LogP contribution in [-0.4, -0.2) is 58.8 Å². The van der Waals surface area contributed by atoms with E-state index in [9.17, 15) is 27.9 Å². The molecule has 9 heteroatoms. The van der Waals surface area contributed by atoms with Crippen molar-refractivity contribution in [3.05, 3.63) is 0 Å². The molecule has 0 aliphatic carbocycles. The van der Waals surface area contributed by atoms with Crippen LogP contribution in [0.4, 0.5) is 13.2 Å². The van der Waals surface area contributed by atoms with E-state index < -0.39 is 42.2 Å². The van der Waals surface area contributed by atoms with Crippen molar-refractivity contribution < 1.29 is 27.9 Å². The molecule has 1 rings (SSSR count). The molecule has 2 amide bonds. The number of nitrogens with one attached hydrogen (secondary N) is 1. The van der Waals surface area contributed by atoms with Gasteiger partial charge in [-0.3, -0.25) is 9.59 Å². The second-order valence-electron chi connectivity index (χ2n) is 7.22. The first-order valence-electron chi connectivity index (χ1n) is 8.49. The summed E-state index contributed by atoms with van der Waals surface area (Å²) in [7, 11) is 0. The van der Waals surface area contributed by atoms with E-state index in [0.29, 0.717) is 19.4 Å². The second-order valence-corrected chi connectivity index (χ2v) is 7.22. The highest BCUT2D eigenvalue weighted by Gasteiger charge is 2.46. The van der Waals surface area contributed by atoms with E-state index in [1.165, 1.54) is 18.7 Å². The quantitative estimate of drug-likeness (QED) is 0.653. The van der Waals surface area contributed by atoms with Crippen LogP contribution < -0.4 is 11.1 Å². The summed E-state index contributed by atoms with van der Waals surface area (Å²) in [5.74, 6) is -1.83. The molecule has 1 fully saturated rings. The van der Waals surface area contributed by atoms with Crippen LogP contribution in [0.3, 0.4) is 0 Å². The van der Waals surface area contributed by atoms with Gasteiger partial charge in [0, 0.05) is 6.54 Å². The van der Waals surface area contributed by atoms with Gasteiger partial charge in [-0.15, -0.1) is 0 Å². The lowest BCUT2D eigenvalue weighted by molar-refractivity contribution is -0.215. The number of rotatable bonds is 6. The predicted octanol–water partition coefficient (Wildman–Crippen LogP) is 1.02. The Hall–Kier alpha value is -1.35. The largest absolute Gasteiger partial charge is 0.416 e. The van der Waals surface area contributed by atoms with Gasteiger partial charge in [-0.05, 0) is 24.7 Å². The molecule has 0 radical (unpaired) electrons. The Morgan fingerprint density at radius 1 is 1.20 bits per heavy atom. The van der Waals surface area contributed by atoms with E-state index in [0.717, 1.165) is 0 Å². The van der Waals surface area contributed by atoms with Gasteiger partial charge >= 0.3 is 6.18 Å². The molecular formula is C16H28F3N3O3. The number of nitrogens with two attached hydrogens (primary N) is 1. The number of likely N-dealkylation sites (tertiary alicyclic amines) is 1. The molecule has 4 atom stereocenters. The van der Waals surface area contributed by atoms with Crippen LogP contribution in [0.1, 0.15) is 40.5 Å². The third-order valence-corrected chi connectivity index (χ3v) is 4.54. The molecule has 0 spiro atoms. The monoisotopic (exact) mass is 367 g/mol. The lowest BCUT2D eigenvalue weighted by atomic mass is 9.97. The van der Waals surface area contributed by atoms with Crippen LogP contribution in [0.5, 0.6) is 0 Å². The van der Waals surface area contributed by atoms with Crippen LogP contribution >= 0.6 is 0 Å². The average molecular weight is 367 g/mol. The summed E-state index contributed by atoms with van der Waals surface area (Å²) in [5.41, 5.74) is 5.85. The van der Waals surface area contributed by atoms with Gasteiger partial charge in [0.1, 0.15) is 6.04 Å². The smallest absolute Gasteiger partial charge is 0.382 e. The summed E-state index contributed by atoms with van der Waals surface area (Å²) >= 11 is 0. The number of nitrogens with zero attached hydrogens (tertiary/aromatic N) is 1. The first-order valence-corrected chi connectivity index (χ1v) is 8.49. The maximum atomic E-state index is 12.8. The molecule has 146 valence electrons. The fourth-order valence-electron chi connectivity index (χ4n) is 2.85. The second kappa shape index (κ2) is 8.35. The first kappa shape index (κ1) is 21.7. The number of halogens is 3. The van der Waals surface area contributed by atoms with Gasteiger partial charge in [0.2, 0.25) is 11.8 Å². The summed E-state index contributed by atoms with van der Waals surface area (Å²) in [6.07, 6.45) is -6.58. The van der Waals surface area contributed by atoms with Crippen LogP contribution in [-0.2, 0) is 9.59 Å². The molecule has 6 nitrogen and oxygen atoms in total. The van der Waals surface area contributed by atoms with Gasteiger partial charge in [0.15, 0.2) is 6.10 Å². The Labute approximate surface area is 145 Å². The molecule has 0 bridgehead atoms.